The summed E-state index contributed by atoms with van der Waals surface area (Å²) in [4.78, 5) is 30.7. The quantitative estimate of drug-likeness (QED) is 0.458. The Hall–Kier alpha value is -2.51. The first-order valence-corrected chi connectivity index (χ1v) is 12.8. The van der Waals surface area contributed by atoms with Crippen LogP contribution in [0.15, 0.2) is 59.3 Å². The van der Waals surface area contributed by atoms with Gasteiger partial charge in [-0.25, -0.2) is 4.39 Å². The third kappa shape index (κ3) is 5.84. The van der Waals surface area contributed by atoms with Crippen LogP contribution in [0.1, 0.15) is 53.5 Å². The number of hydrogen-bond acceptors (Lipinski definition) is 4. The fourth-order valence-corrected chi connectivity index (χ4v) is 5.60. The average Bonchev–Trinajstić information content (AvgIpc) is 3.49. The Labute approximate surface area is 196 Å². The van der Waals surface area contributed by atoms with E-state index in [-0.39, 0.29) is 30.1 Å². The predicted molar refractivity (Wildman–Crippen MR) is 127 cm³/mol. The lowest BCUT2D eigenvalue weighted by Gasteiger charge is -2.33. The number of nitrogens with one attached hydrogen (secondary N) is 1. The molecule has 4 nitrogen and oxygen atoms in total. The van der Waals surface area contributed by atoms with E-state index >= 15 is 0 Å². The first kappa shape index (κ1) is 22.7. The van der Waals surface area contributed by atoms with Gasteiger partial charge in [-0.3, -0.25) is 9.59 Å². The molecule has 2 aromatic heterocycles. The van der Waals surface area contributed by atoms with E-state index in [0.717, 1.165) is 35.4 Å². The zero-order valence-electron chi connectivity index (χ0n) is 17.8. The van der Waals surface area contributed by atoms with Crippen LogP contribution in [0.25, 0.3) is 0 Å². The van der Waals surface area contributed by atoms with E-state index < -0.39 is 6.04 Å². The van der Waals surface area contributed by atoms with Crippen molar-refractivity contribution in [2.75, 3.05) is 0 Å². The second kappa shape index (κ2) is 10.9. The van der Waals surface area contributed by atoms with Gasteiger partial charge in [0.1, 0.15) is 11.9 Å². The summed E-state index contributed by atoms with van der Waals surface area (Å²) in [6.07, 6.45) is 5.53. The van der Waals surface area contributed by atoms with Gasteiger partial charge in [-0.1, -0.05) is 43.5 Å². The van der Waals surface area contributed by atoms with Crippen molar-refractivity contribution in [3.63, 3.8) is 0 Å². The Kier molecular flexibility index (Phi) is 7.71. The molecule has 0 spiro atoms. The number of halogens is 1. The molecule has 1 fully saturated rings. The van der Waals surface area contributed by atoms with Crippen LogP contribution >= 0.6 is 22.7 Å². The molecule has 0 saturated heterocycles. The molecule has 1 aliphatic rings. The molecule has 1 aliphatic carbocycles. The van der Waals surface area contributed by atoms with E-state index in [0.29, 0.717) is 12.1 Å². The van der Waals surface area contributed by atoms with Gasteiger partial charge < -0.3 is 10.2 Å². The molecule has 0 radical (unpaired) electrons. The molecule has 32 heavy (non-hydrogen) atoms. The van der Waals surface area contributed by atoms with Crippen LogP contribution in [0.3, 0.4) is 0 Å². The molecule has 2 heterocycles. The number of rotatable bonds is 8. The summed E-state index contributed by atoms with van der Waals surface area (Å²) in [7, 11) is 0. The summed E-state index contributed by atoms with van der Waals surface area (Å²) < 4.78 is 13.7. The van der Waals surface area contributed by atoms with E-state index in [9.17, 15) is 14.0 Å². The minimum Gasteiger partial charge on any atom is -0.351 e. The molecular formula is C25H27FN2O2S2. The maximum absolute atomic E-state index is 13.7. The zero-order chi connectivity index (χ0) is 22.3. The second-order valence-electron chi connectivity index (χ2n) is 8.15. The molecule has 1 saturated carbocycles. The molecule has 3 aromatic rings. The van der Waals surface area contributed by atoms with Crippen molar-refractivity contribution in [3.05, 3.63) is 80.4 Å². The number of amides is 2. The summed E-state index contributed by atoms with van der Waals surface area (Å²) in [5, 5.41) is 7.09. The topological polar surface area (TPSA) is 49.4 Å². The third-order valence-corrected chi connectivity index (χ3v) is 7.57. The molecule has 0 unspecified atom stereocenters. The Morgan fingerprint density at radius 3 is 2.25 bits per heavy atom. The minimum absolute atomic E-state index is 0.117. The molecule has 1 atom stereocenters. The van der Waals surface area contributed by atoms with Crippen LogP contribution in [0.5, 0.6) is 0 Å². The van der Waals surface area contributed by atoms with Crippen LogP contribution in [0, 0.1) is 5.82 Å². The van der Waals surface area contributed by atoms with Crippen LogP contribution in [-0.4, -0.2) is 22.8 Å². The van der Waals surface area contributed by atoms with Gasteiger partial charge in [-0.2, -0.15) is 0 Å². The summed E-state index contributed by atoms with van der Waals surface area (Å²) in [5.74, 6) is -0.677. The molecule has 0 aliphatic heterocycles. The fraction of sp³-hybridized carbons (Fsp3) is 0.360. The number of carbonyl (C=O) groups is 2. The van der Waals surface area contributed by atoms with E-state index in [1.807, 2.05) is 35.0 Å². The zero-order valence-corrected chi connectivity index (χ0v) is 19.5. The lowest BCUT2D eigenvalue weighted by atomic mass is 9.94. The Bertz CT molecular complexity index is 997. The SMILES string of the molecule is O=C(NC1CCCCC1)[C@@H](c1ccc(F)cc1)N(Cc1cccs1)C(=O)Cc1cccs1. The molecule has 7 heteroatoms. The highest BCUT2D eigenvalue weighted by molar-refractivity contribution is 7.10. The van der Waals surface area contributed by atoms with Crippen molar-refractivity contribution in [3.8, 4) is 0 Å². The smallest absolute Gasteiger partial charge is 0.247 e. The minimum atomic E-state index is -0.813. The predicted octanol–water partition coefficient (Wildman–Crippen LogP) is 5.71. The summed E-state index contributed by atoms with van der Waals surface area (Å²) in [6.45, 7) is 0.335. The van der Waals surface area contributed by atoms with Crippen LogP contribution in [-0.2, 0) is 22.6 Å². The fourth-order valence-electron chi connectivity index (χ4n) is 4.20. The monoisotopic (exact) mass is 470 g/mol. The second-order valence-corrected chi connectivity index (χ2v) is 10.2. The first-order chi connectivity index (χ1) is 15.6. The third-order valence-electron chi connectivity index (χ3n) is 5.83. The Morgan fingerprint density at radius 1 is 0.969 bits per heavy atom. The highest BCUT2D eigenvalue weighted by atomic mass is 32.1. The standard InChI is InChI=1S/C25H27FN2O2S2/c26-19-12-10-18(11-13-19)24(25(30)27-20-6-2-1-3-7-20)28(17-22-9-5-15-32-22)23(29)16-21-8-4-14-31-21/h4-5,8-15,20,24H,1-3,6-7,16-17H2,(H,27,30)/t24-/m1/s1. The number of hydrogen-bond donors (Lipinski definition) is 1. The highest BCUT2D eigenvalue weighted by Crippen LogP contribution is 2.28. The lowest BCUT2D eigenvalue weighted by Crippen LogP contribution is -2.47. The van der Waals surface area contributed by atoms with Crippen molar-refractivity contribution < 1.29 is 14.0 Å². The van der Waals surface area contributed by atoms with Crippen molar-refractivity contribution >= 4 is 34.5 Å². The van der Waals surface area contributed by atoms with E-state index in [1.165, 1.54) is 29.9 Å². The van der Waals surface area contributed by atoms with E-state index in [4.69, 9.17) is 0 Å². The number of benzene rings is 1. The van der Waals surface area contributed by atoms with Gasteiger partial charge >= 0.3 is 0 Å². The maximum Gasteiger partial charge on any atom is 0.247 e. The lowest BCUT2D eigenvalue weighted by molar-refractivity contribution is -0.141. The summed E-state index contributed by atoms with van der Waals surface area (Å²) in [6, 6.07) is 13.0. The van der Waals surface area contributed by atoms with Gasteiger partial charge in [-0.05, 0) is 53.4 Å². The van der Waals surface area contributed by atoms with Crippen LogP contribution < -0.4 is 5.32 Å². The van der Waals surface area contributed by atoms with Crippen molar-refractivity contribution in [1.82, 2.24) is 10.2 Å². The van der Waals surface area contributed by atoms with Gasteiger partial charge in [0.15, 0.2) is 0 Å². The molecule has 0 bridgehead atoms. The first-order valence-electron chi connectivity index (χ1n) is 11.0. The van der Waals surface area contributed by atoms with Gasteiger partial charge in [0.25, 0.3) is 0 Å². The van der Waals surface area contributed by atoms with Gasteiger partial charge in [0.05, 0.1) is 13.0 Å². The van der Waals surface area contributed by atoms with E-state index in [2.05, 4.69) is 5.32 Å². The van der Waals surface area contributed by atoms with Gasteiger partial charge in [0, 0.05) is 15.8 Å². The molecule has 4 rings (SSSR count). The number of nitrogens with zero attached hydrogens (tertiary/aromatic N) is 1. The molecule has 1 aromatic carbocycles. The Morgan fingerprint density at radius 2 is 1.62 bits per heavy atom. The molecule has 1 N–H and O–H groups in total. The van der Waals surface area contributed by atoms with Gasteiger partial charge in [-0.15, -0.1) is 22.7 Å². The van der Waals surface area contributed by atoms with Gasteiger partial charge in [0.2, 0.25) is 11.8 Å². The number of carbonyl (C=O) groups excluding carboxylic acids is 2. The van der Waals surface area contributed by atoms with Crippen LogP contribution in [0.4, 0.5) is 4.39 Å². The van der Waals surface area contributed by atoms with E-state index in [1.54, 1.807) is 28.4 Å². The van der Waals surface area contributed by atoms with Crippen LogP contribution in [0.2, 0.25) is 0 Å². The molecular weight excluding hydrogens is 443 g/mol. The normalized spacial score (nSPS) is 15.3. The van der Waals surface area contributed by atoms with Crippen molar-refractivity contribution in [2.45, 2.75) is 57.2 Å². The molecule has 2 amide bonds. The number of thiophene rings is 2. The van der Waals surface area contributed by atoms with Crippen molar-refractivity contribution in [1.29, 1.82) is 0 Å². The summed E-state index contributed by atoms with van der Waals surface area (Å²) >= 11 is 3.08. The highest BCUT2D eigenvalue weighted by Gasteiger charge is 2.33. The largest absolute Gasteiger partial charge is 0.351 e. The average molecular weight is 471 g/mol. The molecule has 168 valence electrons. The van der Waals surface area contributed by atoms with Crippen molar-refractivity contribution in [2.24, 2.45) is 0 Å². The maximum atomic E-state index is 13.7. The summed E-state index contributed by atoms with van der Waals surface area (Å²) in [5.41, 5.74) is 0.621. The Balaban J connectivity index is 1.66.